The molecule has 23 heavy (non-hydrogen) atoms. The van der Waals surface area contributed by atoms with Crippen LogP contribution in [0.2, 0.25) is 0 Å². The maximum Gasteiger partial charge on any atom is 0.410 e. The van der Waals surface area contributed by atoms with Gasteiger partial charge in [0.25, 0.3) is 0 Å². The first-order valence-electron chi connectivity index (χ1n) is 7.93. The predicted octanol–water partition coefficient (Wildman–Crippen LogP) is 4.08. The Balaban J connectivity index is 1.98. The van der Waals surface area contributed by atoms with Crippen molar-refractivity contribution in [3.63, 3.8) is 0 Å². The van der Waals surface area contributed by atoms with E-state index in [0.717, 1.165) is 0 Å². The number of carbonyl (C=O) groups excluding carboxylic acids is 1. The first-order valence-corrected chi connectivity index (χ1v) is 7.93. The number of hydrogen-bond acceptors (Lipinski definition) is 3. The summed E-state index contributed by atoms with van der Waals surface area (Å²) in [7, 11) is 0. The van der Waals surface area contributed by atoms with Crippen LogP contribution in [0.1, 0.15) is 45.1 Å². The van der Waals surface area contributed by atoms with Crippen LogP contribution in [0.4, 0.5) is 9.18 Å². The van der Waals surface area contributed by atoms with Crippen LogP contribution in [0.25, 0.3) is 0 Å². The molecule has 1 atom stereocenters. The fourth-order valence-corrected chi connectivity index (χ4v) is 2.89. The van der Waals surface area contributed by atoms with Gasteiger partial charge in [-0.2, -0.15) is 5.26 Å². The summed E-state index contributed by atoms with van der Waals surface area (Å²) in [6.45, 7) is 6.65. The molecular formula is C18H23FN2O2. The van der Waals surface area contributed by atoms with Gasteiger partial charge in [0.15, 0.2) is 0 Å². The molecule has 1 heterocycles. The van der Waals surface area contributed by atoms with Crippen molar-refractivity contribution < 1.29 is 13.9 Å². The Labute approximate surface area is 136 Å². The molecule has 0 spiro atoms. The minimum absolute atomic E-state index is 0.125. The molecule has 5 heteroatoms. The lowest BCUT2D eigenvalue weighted by Gasteiger charge is -2.35. The van der Waals surface area contributed by atoms with Crippen LogP contribution in [0.3, 0.4) is 0 Å². The molecule has 1 aliphatic heterocycles. The van der Waals surface area contributed by atoms with Gasteiger partial charge in [0, 0.05) is 13.1 Å². The van der Waals surface area contributed by atoms with Gasteiger partial charge >= 0.3 is 6.09 Å². The molecule has 0 saturated carbocycles. The van der Waals surface area contributed by atoms with E-state index in [-0.39, 0.29) is 23.7 Å². The van der Waals surface area contributed by atoms with Crippen molar-refractivity contribution in [2.45, 2.75) is 45.1 Å². The molecule has 0 bridgehead atoms. The summed E-state index contributed by atoms with van der Waals surface area (Å²) in [5.74, 6) is -0.541. The molecule has 1 unspecified atom stereocenters. The van der Waals surface area contributed by atoms with Crippen LogP contribution in [0.15, 0.2) is 24.3 Å². The molecular weight excluding hydrogens is 295 g/mol. The normalized spacial score (nSPS) is 17.4. The van der Waals surface area contributed by atoms with Crippen molar-refractivity contribution in [2.75, 3.05) is 13.1 Å². The third kappa shape index (κ3) is 4.69. The van der Waals surface area contributed by atoms with E-state index in [0.29, 0.717) is 31.5 Å². The van der Waals surface area contributed by atoms with E-state index in [1.807, 2.05) is 20.8 Å². The van der Waals surface area contributed by atoms with Gasteiger partial charge in [-0.05, 0) is 57.2 Å². The topological polar surface area (TPSA) is 53.3 Å². The van der Waals surface area contributed by atoms with Crippen LogP contribution in [-0.4, -0.2) is 29.7 Å². The third-order valence-corrected chi connectivity index (χ3v) is 4.01. The zero-order chi connectivity index (χ0) is 17.0. The van der Waals surface area contributed by atoms with Gasteiger partial charge in [0.2, 0.25) is 0 Å². The molecule has 1 aliphatic rings. The number of amides is 1. The predicted molar refractivity (Wildman–Crippen MR) is 85.3 cm³/mol. The van der Waals surface area contributed by atoms with Crippen molar-refractivity contribution >= 4 is 6.09 Å². The number of halogens is 1. The number of hydrogen-bond donors (Lipinski definition) is 0. The summed E-state index contributed by atoms with van der Waals surface area (Å²) >= 11 is 0. The van der Waals surface area contributed by atoms with Gasteiger partial charge < -0.3 is 9.64 Å². The molecule has 1 saturated heterocycles. The minimum atomic E-state index is -0.509. The largest absolute Gasteiger partial charge is 0.444 e. The third-order valence-electron chi connectivity index (χ3n) is 4.01. The van der Waals surface area contributed by atoms with E-state index in [4.69, 9.17) is 4.74 Å². The first-order chi connectivity index (χ1) is 10.8. The van der Waals surface area contributed by atoms with Crippen LogP contribution in [-0.2, 0) is 4.74 Å². The second-order valence-electron chi connectivity index (χ2n) is 6.97. The van der Waals surface area contributed by atoms with Gasteiger partial charge in [0.05, 0.1) is 12.0 Å². The molecule has 0 aromatic heterocycles. The lowest BCUT2D eigenvalue weighted by atomic mass is 9.81. The second-order valence-corrected chi connectivity index (χ2v) is 6.97. The molecule has 1 aromatic carbocycles. The molecule has 2 rings (SSSR count). The number of likely N-dealkylation sites (tertiary alicyclic amines) is 1. The molecule has 1 fully saturated rings. The summed E-state index contributed by atoms with van der Waals surface area (Å²) in [4.78, 5) is 13.7. The van der Waals surface area contributed by atoms with E-state index in [1.165, 1.54) is 12.1 Å². The highest BCUT2D eigenvalue weighted by Crippen LogP contribution is 2.33. The van der Waals surface area contributed by atoms with Gasteiger partial charge in [-0.1, -0.05) is 12.1 Å². The van der Waals surface area contributed by atoms with E-state index in [9.17, 15) is 14.4 Å². The Morgan fingerprint density at radius 3 is 2.57 bits per heavy atom. The number of piperidine rings is 1. The molecule has 0 aliphatic carbocycles. The average molecular weight is 318 g/mol. The van der Waals surface area contributed by atoms with Gasteiger partial charge in [-0.3, -0.25) is 0 Å². The molecule has 4 nitrogen and oxygen atoms in total. The number of ether oxygens (including phenoxy) is 1. The Kier molecular flexibility index (Phi) is 5.25. The fourth-order valence-electron chi connectivity index (χ4n) is 2.89. The number of nitrogens with zero attached hydrogens (tertiary/aromatic N) is 2. The quantitative estimate of drug-likeness (QED) is 0.825. The lowest BCUT2D eigenvalue weighted by molar-refractivity contribution is 0.0180. The van der Waals surface area contributed by atoms with Gasteiger partial charge in [0.1, 0.15) is 11.4 Å². The van der Waals surface area contributed by atoms with Crippen molar-refractivity contribution in [2.24, 2.45) is 5.92 Å². The smallest absolute Gasteiger partial charge is 0.410 e. The Bertz CT molecular complexity index is 596. The van der Waals surface area contributed by atoms with Crippen molar-refractivity contribution in [1.82, 2.24) is 4.90 Å². The zero-order valence-corrected chi connectivity index (χ0v) is 13.9. The number of carbonyl (C=O) groups is 1. The standard InChI is InChI=1S/C18H23FN2O2/c1-18(2,3)23-17(22)21-9-7-13(8-10-21)16(12-20)14-5-4-6-15(19)11-14/h4-6,11,13,16H,7-10H2,1-3H3. The van der Waals surface area contributed by atoms with Gasteiger partial charge in [-0.25, -0.2) is 9.18 Å². The Hall–Kier alpha value is -2.09. The first kappa shape index (κ1) is 17.3. The number of nitriles is 1. The van der Waals surface area contributed by atoms with E-state index >= 15 is 0 Å². The van der Waals surface area contributed by atoms with Crippen molar-refractivity contribution in [1.29, 1.82) is 5.26 Å². The minimum Gasteiger partial charge on any atom is -0.444 e. The van der Waals surface area contributed by atoms with Crippen molar-refractivity contribution in [3.8, 4) is 6.07 Å². The van der Waals surface area contributed by atoms with E-state index in [1.54, 1.807) is 17.0 Å². The molecule has 124 valence electrons. The monoisotopic (exact) mass is 318 g/mol. The molecule has 1 aromatic rings. The summed E-state index contributed by atoms with van der Waals surface area (Å²) in [5, 5.41) is 9.47. The summed E-state index contributed by atoms with van der Waals surface area (Å²) in [6, 6.07) is 8.52. The maximum atomic E-state index is 13.4. The molecule has 0 N–H and O–H groups in total. The zero-order valence-electron chi connectivity index (χ0n) is 13.9. The summed E-state index contributed by atoms with van der Waals surface area (Å²) in [6.07, 6.45) is 1.12. The Morgan fingerprint density at radius 2 is 2.04 bits per heavy atom. The molecule has 1 amide bonds. The van der Waals surface area contributed by atoms with Crippen LogP contribution >= 0.6 is 0 Å². The van der Waals surface area contributed by atoms with Crippen LogP contribution < -0.4 is 0 Å². The van der Waals surface area contributed by atoms with Crippen LogP contribution in [0.5, 0.6) is 0 Å². The maximum absolute atomic E-state index is 13.4. The fraction of sp³-hybridized carbons (Fsp3) is 0.556. The highest BCUT2D eigenvalue weighted by Gasteiger charge is 2.31. The summed E-state index contributed by atoms with van der Waals surface area (Å²) < 4.78 is 18.7. The summed E-state index contributed by atoms with van der Waals surface area (Å²) in [5.41, 5.74) is 0.202. The second kappa shape index (κ2) is 6.99. The Morgan fingerprint density at radius 1 is 1.39 bits per heavy atom. The number of rotatable bonds is 2. The number of benzene rings is 1. The van der Waals surface area contributed by atoms with Gasteiger partial charge in [-0.15, -0.1) is 0 Å². The molecule has 0 radical (unpaired) electrons. The van der Waals surface area contributed by atoms with E-state index < -0.39 is 5.60 Å². The van der Waals surface area contributed by atoms with E-state index in [2.05, 4.69) is 6.07 Å². The average Bonchev–Trinajstić information content (AvgIpc) is 2.47. The highest BCUT2D eigenvalue weighted by atomic mass is 19.1. The van der Waals surface area contributed by atoms with Crippen molar-refractivity contribution in [3.05, 3.63) is 35.6 Å². The highest BCUT2D eigenvalue weighted by molar-refractivity contribution is 5.68. The van der Waals surface area contributed by atoms with Crippen LogP contribution in [0, 0.1) is 23.1 Å². The lowest BCUT2D eigenvalue weighted by Crippen LogP contribution is -2.42. The SMILES string of the molecule is CC(C)(C)OC(=O)N1CCC(C(C#N)c2cccc(F)c2)CC1.